The van der Waals surface area contributed by atoms with Crippen LogP contribution in [0.4, 0.5) is 5.69 Å². The summed E-state index contributed by atoms with van der Waals surface area (Å²) in [7, 11) is -0.594. The van der Waals surface area contributed by atoms with Crippen molar-refractivity contribution in [3.05, 3.63) is 18.2 Å². The molecule has 96 valence electrons. The Labute approximate surface area is 102 Å². The summed E-state index contributed by atoms with van der Waals surface area (Å²) in [6.45, 7) is 2.48. The van der Waals surface area contributed by atoms with Crippen molar-refractivity contribution >= 4 is 15.7 Å². The molecule has 0 bridgehead atoms. The van der Waals surface area contributed by atoms with Crippen LogP contribution in [0.15, 0.2) is 23.1 Å². The van der Waals surface area contributed by atoms with Crippen LogP contribution < -0.4 is 10.5 Å². The van der Waals surface area contributed by atoms with Crippen LogP contribution in [0.5, 0.6) is 5.75 Å². The van der Waals surface area contributed by atoms with Gasteiger partial charge in [0.05, 0.1) is 12.3 Å². The Morgan fingerprint density at radius 3 is 2.53 bits per heavy atom. The zero-order valence-electron chi connectivity index (χ0n) is 10.3. The van der Waals surface area contributed by atoms with E-state index in [1.807, 2.05) is 6.92 Å². The van der Waals surface area contributed by atoms with Gasteiger partial charge in [0.1, 0.15) is 10.6 Å². The van der Waals surface area contributed by atoms with Crippen LogP contribution in [-0.4, -0.2) is 33.4 Å². The normalized spacial score (nSPS) is 11.8. The summed E-state index contributed by atoms with van der Waals surface area (Å²) in [5, 5.41) is 0. The first kappa shape index (κ1) is 13.8. The van der Waals surface area contributed by atoms with Crippen molar-refractivity contribution in [2.75, 3.05) is 26.4 Å². The fourth-order valence-electron chi connectivity index (χ4n) is 1.28. The standard InChI is InChI=1S/C11H18N2O3S/c1-4-8-16-9-6-5-7-10(11(9)12)17(14,15)13(2)3/h5-7H,4,8,12H2,1-3H3. The maximum absolute atomic E-state index is 12.0. The molecule has 6 heteroatoms. The van der Waals surface area contributed by atoms with Crippen LogP contribution in [0.25, 0.3) is 0 Å². The molecule has 0 saturated carbocycles. The van der Waals surface area contributed by atoms with Gasteiger partial charge >= 0.3 is 0 Å². The predicted molar refractivity (Wildman–Crippen MR) is 67.5 cm³/mol. The third-order valence-electron chi connectivity index (χ3n) is 2.25. The number of sulfonamides is 1. The van der Waals surface area contributed by atoms with Gasteiger partial charge in [-0.25, -0.2) is 12.7 Å². The van der Waals surface area contributed by atoms with E-state index in [4.69, 9.17) is 10.5 Å². The van der Waals surface area contributed by atoms with Gasteiger partial charge in [-0.1, -0.05) is 13.0 Å². The predicted octanol–water partition coefficient (Wildman–Crippen LogP) is 1.31. The molecule has 0 spiro atoms. The van der Waals surface area contributed by atoms with Crippen LogP contribution in [0.1, 0.15) is 13.3 Å². The van der Waals surface area contributed by atoms with Gasteiger partial charge in [-0.05, 0) is 18.6 Å². The molecule has 0 amide bonds. The van der Waals surface area contributed by atoms with Gasteiger partial charge in [0, 0.05) is 14.1 Å². The molecule has 0 aliphatic carbocycles. The van der Waals surface area contributed by atoms with Gasteiger partial charge in [0.2, 0.25) is 10.0 Å². The van der Waals surface area contributed by atoms with Crippen LogP contribution in [-0.2, 0) is 10.0 Å². The molecule has 5 nitrogen and oxygen atoms in total. The number of ether oxygens (including phenoxy) is 1. The number of nitrogen functional groups attached to an aromatic ring is 1. The number of nitrogens with two attached hydrogens (primary N) is 1. The number of nitrogens with zero attached hydrogens (tertiary/aromatic N) is 1. The highest BCUT2D eigenvalue weighted by molar-refractivity contribution is 7.89. The van der Waals surface area contributed by atoms with E-state index in [1.165, 1.54) is 20.2 Å². The number of para-hydroxylation sites is 1. The third kappa shape index (κ3) is 2.89. The summed E-state index contributed by atoms with van der Waals surface area (Å²) in [5.41, 5.74) is 5.98. The average Bonchev–Trinajstić information content (AvgIpc) is 2.27. The Balaban J connectivity index is 3.19. The maximum Gasteiger partial charge on any atom is 0.244 e. The first-order valence-electron chi connectivity index (χ1n) is 5.35. The minimum Gasteiger partial charge on any atom is -0.491 e. The van der Waals surface area contributed by atoms with Crippen LogP contribution in [0, 0.1) is 0 Å². The Kier molecular flexibility index (Phi) is 4.36. The number of benzene rings is 1. The third-order valence-corrected chi connectivity index (χ3v) is 4.12. The van der Waals surface area contributed by atoms with Gasteiger partial charge in [-0.2, -0.15) is 0 Å². The zero-order valence-corrected chi connectivity index (χ0v) is 11.1. The lowest BCUT2D eigenvalue weighted by Gasteiger charge is -2.15. The number of anilines is 1. The van der Waals surface area contributed by atoms with E-state index in [9.17, 15) is 8.42 Å². The van der Waals surface area contributed by atoms with E-state index >= 15 is 0 Å². The lowest BCUT2D eigenvalue weighted by atomic mass is 10.3. The van der Waals surface area contributed by atoms with Crippen molar-refractivity contribution in [2.45, 2.75) is 18.2 Å². The molecule has 1 aromatic carbocycles. The highest BCUT2D eigenvalue weighted by Gasteiger charge is 2.22. The van der Waals surface area contributed by atoms with Crippen molar-refractivity contribution in [1.82, 2.24) is 4.31 Å². The number of hydrogen-bond acceptors (Lipinski definition) is 4. The molecule has 0 fully saturated rings. The molecule has 0 aliphatic rings. The molecule has 2 N–H and O–H groups in total. The van der Waals surface area contributed by atoms with Gasteiger partial charge < -0.3 is 10.5 Å². The van der Waals surface area contributed by atoms with Crippen molar-refractivity contribution < 1.29 is 13.2 Å². The molecule has 0 heterocycles. The lowest BCUT2D eigenvalue weighted by molar-refractivity contribution is 0.318. The van der Waals surface area contributed by atoms with E-state index in [1.54, 1.807) is 12.1 Å². The highest BCUT2D eigenvalue weighted by atomic mass is 32.2. The molecule has 1 rings (SSSR count). The van der Waals surface area contributed by atoms with E-state index < -0.39 is 10.0 Å². The number of rotatable bonds is 5. The summed E-state index contributed by atoms with van der Waals surface area (Å²) < 4.78 is 30.5. The largest absolute Gasteiger partial charge is 0.491 e. The van der Waals surface area contributed by atoms with Gasteiger partial charge in [0.25, 0.3) is 0 Å². The molecule has 17 heavy (non-hydrogen) atoms. The van der Waals surface area contributed by atoms with E-state index in [0.717, 1.165) is 10.7 Å². The topological polar surface area (TPSA) is 72.6 Å². The summed E-state index contributed by atoms with van der Waals surface area (Å²) in [5.74, 6) is 0.412. The fraction of sp³-hybridized carbons (Fsp3) is 0.455. The highest BCUT2D eigenvalue weighted by Crippen LogP contribution is 2.29. The maximum atomic E-state index is 12.0. The first-order valence-corrected chi connectivity index (χ1v) is 6.79. The van der Waals surface area contributed by atoms with Crippen molar-refractivity contribution in [3.8, 4) is 5.75 Å². The molecule has 1 aromatic rings. The van der Waals surface area contributed by atoms with Crippen LogP contribution in [0.3, 0.4) is 0 Å². The van der Waals surface area contributed by atoms with Crippen molar-refractivity contribution in [3.63, 3.8) is 0 Å². The fourth-order valence-corrected chi connectivity index (χ4v) is 2.31. The lowest BCUT2D eigenvalue weighted by Crippen LogP contribution is -2.23. The molecule has 0 saturated heterocycles. The Morgan fingerprint density at radius 2 is 2.00 bits per heavy atom. The Morgan fingerprint density at radius 1 is 1.35 bits per heavy atom. The number of hydrogen-bond donors (Lipinski definition) is 1. The quantitative estimate of drug-likeness (QED) is 0.808. The second kappa shape index (κ2) is 5.37. The minimum atomic E-state index is -3.53. The van der Waals surface area contributed by atoms with Crippen molar-refractivity contribution in [2.24, 2.45) is 0 Å². The summed E-state index contributed by atoms with van der Waals surface area (Å²) in [6, 6.07) is 4.76. The summed E-state index contributed by atoms with van der Waals surface area (Å²) in [4.78, 5) is 0.0797. The van der Waals surface area contributed by atoms with Crippen molar-refractivity contribution in [1.29, 1.82) is 0 Å². The smallest absolute Gasteiger partial charge is 0.244 e. The van der Waals surface area contributed by atoms with E-state index in [2.05, 4.69) is 0 Å². The molecular weight excluding hydrogens is 240 g/mol. The summed E-state index contributed by atoms with van der Waals surface area (Å²) in [6.07, 6.45) is 0.837. The van der Waals surface area contributed by atoms with Gasteiger partial charge in [-0.3, -0.25) is 0 Å². The molecular formula is C11H18N2O3S. The molecule has 0 aliphatic heterocycles. The molecule has 0 atom stereocenters. The van der Waals surface area contributed by atoms with Gasteiger partial charge in [-0.15, -0.1) is 0 Å². The summed E-state index contributed by atoms with van der Waals surface area (Å²) >= 11 is 0. The van der Waals surface area contributed by atoms with E-state index in [-0.39, 0.29) is 10.6 Å². The SMILES string of the molecule is CCCOc1cccc(S(=O)(=O)N(C)C)c1N. The molecule has 0 aromatic heterocycles. The Hall–Kier alpha value is -1.27. The first-order chi connectivity index (χ1) is 7.91. The monoisotopic (exact) mass is 258 g/mol. The van der Waals surface area contributed by atoms with Gasteiger partial charge in [0.15, 0.2) is 0 Å². The minimum absolute atomic E-state index is 0.0797. The molecule has 0 unspecified atom stereocenters. The van der Waals surface area contributed by atoms with Crippen LogP contribution >= 0.6 is 0 Å². The van der Waals surface area contributed by atoms with Crippen LogP contribution in [0.2, 0.25) is 0 Å². The Bertz CT molecular complexity index is 483. The van der Waals surface area contributed by atoms with E-state index in [0.29, 0.717) is 12.4 Å². The average molecular weight is 258 g/mol. The zero-order chi connectivity index (χ0) is 13.1. The second-order valence-electron chi connectivity index (χ2n) is 3.80. The molecule has 0 radical (unpaired) electrons. The second-order valence-corrected chi connectivity index (χ2v) is 5.92.